The highest BCUT2D eigenvalue weighted by Crippen LogP contribution is 2.72. The highest BCUT2D eigenvalue weighted by molar-refractivity contribution is 8.13. The first kappa shape index (κ1) is 41.3. The van der Waals surface area contributed by atoms with E-state index in [-0.39, 0.29) is 41.6 Å². The molecule has 7 atom stereocenters. The molecule has 2 aliphatic rings. The number of phosphoric acid groups is 3. The van der Waals surface area contributed by atoms with E-state index in [9.17, 15) is 57.9 Å². The third-order valence-corrected chi connectivity index (χ3v) is 11.4. The zero-order valence-electron chi connectivity index (χ0n) is 27.0. The number of nitrogens with one attached hydrogen (secondary N) is 2. The minimum atomic E-state index is -5.51. The average Bonchev–Trinajstić information content (AvgIpc) is 3.29. The van der Waals surface area contributed by atoms with Gasteiger partial charge in [-0.1, -0.05) is 25.6 Å². The minimum Gasteiger partial charge on any atom is -0.383 e. The largest absolute Gasteiger partial charge is 0.481 e. The standard InChI is InChI=1S/C23H36N7O17P3S/c1-12(31)51-7-6-25-14(32)4-5-26-20(35)16(33)22(2,3)9-44-50(41,42)46-49(39,40)43-8-13-23(45-48(36,37)38)17(34)21(47(13)23)30-11-29-15-18(24)27-10-28-19(15)30/h10-11,13,16-17,21,33-34H,4-9H2,1-3H3,(H7-,24,25,26,27,28,32,35,36,37,38,39,40,41,42)/p+1/t13-,16+,17+,21-,23+/m1/s1. The predicted octanol–water partition coefficient (Wildman–Crippen LogP) is -1.44. The van der Waals surface area contributed by atoms with Gasteiger partial charge in [-0.25, -0.2) is 33.2 Å². The van der Waals surface area contributed by atoms with Crippen molar-refractivity contribution in [2.45, 2.75) is 57.5 Å². The number of carbonyl (C=O) groups is 3. The van der Waals surface area contributed by atoms with Crippen LogP contribution in [0, 0.1) is 5.41 Å². The first-order chi connectivity index (χ1) is 23.5. The van der Waals surface area contributed by atoms with Gasteiger partial charge >= 0.3 is 29.3 Å². The van der Waals surface area contributed by atoms with Gasteiger partial charge < -0.3 is 50.5 Å². The molecule has 24 nitrogen and oxygen atoms in total. The summed E-state index contributed by atoms with van der Waals surface area (Å²) in [6.45, 7) is 2.09. The van der Waals surface area contributed by atoms with Gasteiger partial charge in [0.1, 0.15) is 30.9 Å². The average molecular weight is 809 g/mol. The summed E-state index contributed by atoms with van der Waals surface area (Å²) < 4.78 is 59.0. The van der Waals surface area contributed by atoms with E-state index in [0.29, 0.717) is 5.75 Å². The molecule has 2 fully saturated rings. The molecule has 0 radical (unpaired) electrons. The lowest BCUT2D eigenvalue weighted by atomic mass is 9.87. The number of fused-ring (bicyclic) bond motifs is 2. The van der Waals surface area contributed by atoms with Crippen molar-refractivity contribution < 1.29 is 80.1 Å². The summed E-state index contributed by atoms with van der Waals surface area (Å²) in [4.78, 5) is 86.3. The van der Waals surface area contributed by atoms with Crippen LogP contribution in [0.1, 0.15) is 33.4 Å². The zero-order valence-corrected chi connectivity index (χ0v) is 30.5. The number of nitrogens with zero attached hydrogens (tertiary/aromatic N) is 4. The fourth-order valence-electron chi connectivity index (χ4n) is 5.04. The molecule has 2 saturated heterocycles. The number of imidazole rings is 1. The van der Waals surface area contributed by atoms with Crippen LogP contribution in [-0.2, 0) is 50.3 Å². The Morgan fingerprint density at radius 3 is 2.41 bits per heavy atom. The molecule has 0 aliphatic carbocycles. The maximum absolute atomic E-state index is 12.6. The normalized spacial score (nSPS) is 24.8. The van der Waals surface area contributed by atoms with Crippen LogP contribution in [0.25, 0.3) is 11.2 Å². The molecule has 4 rings (SSSR count). The number of phosphoric ester groups is 3. The van der Waals surface area contributed by atoms with Gasteiger partial charge in [0.25, 0.3) is 18.4 Å². The first-order valence-electron chi connectivity index (χ1n) is 14.6. The van der Waals surface area contributed by atoms with Crippen molar-refractivity contribution in [2.75, 3.05) is 37.8 Å². The summed E-state index contributed by atoms with van der Waals surface area (Å²) in [5.41, 5.74) is 4.42. The van der Waals surface area contributed by atoms with E-state index in [2.05, 4.69) is 34.3 Å². The highest BCUT2D eigenvalue weighted by Gasteiger charge is 2.96. The Morgan fingerprint density at radius 2 is 1.76 bits per heavy atom. The lowest BCUT2D eigenvalue weighted by molar-refractivity contribution is -0.336. The third-order valence-electron chi connectivity index (χ3n) is 7.50. The van der Waals surface area contributed by atoms with Gasteiger partial charge in [-0.15, -0.1) is 0 Å². The van der Waals surface area contributed by atoms with E-state index < -0.39 is 84.2 Å². The molecule has 0 bridgehead atoms. The Kier molecular flexibility index (Phi) is 12.6. The molecule has 2 aromatic rings. The maximum atomic E-state index is 12.6. The van der Waals surface area contributed by atoms with E-state index in [1.54, 1.807) is 0 Å². The van der Waals surface area contributed by atoms with Crippen LogP contribution in [0.4, 0.5) is 5.82 Å². The monoisotopic (exact) mass is 808 g/mol. The summed E-state index contributed by atoms with van der Waals surface area (Å²) in [5.74, 6) is -3.23. The summed E-state index contributed by atoms with van der Waals surface area (Å²) in [6, 6.07) is 0. The zero-order chi connectivity index (χ0) is 38.2. The van der Waals surface area contributed by atoms with E-state index in [0.717, 1.165) is 18.1 Å². The molecule has 2 aromatic heterocycles. The number of amides is 2. The second kappa shape index (κ2) is 15.5. The lowest BCUT2D eigenvalue weighted by Gasteiger charge is -2.32. The van der Waals surface area contributed by atoms with Gasteiger partial charge in [-0.05, 0) is 0 Å². The van der Waals surface area contributed by atoms with Crippen molar-refractivity contribution in [3.63, 3.8) is 0 Å². The van der Waals surface area contributed by atoms with Gasteiger partial charge in [-0.3, -0.25) is 23.4 Å². The van der Waals surface area contributed by atoms with Crippen molar-refractivity contribution in [3.05, 3.63) is 12.7 Å². The molecule has 0 saturated carbocycles. The van der Waals surface area contributed by atoms with Crippen LogP contribution in [0.5, 0.6) is 0 Å². The maximum Gasteiger partial charge on any atom is 0.481 e. The number of epoxide rings is 1. The van der Waals surface area contributed by atoms with Crippen LogP contribution in [0.2, 0.25) is 0 Å². The number of nitrogens with two attached hydrogens (primary N) is 1. The van der Waals surface area contributed by atoms with Gasteiger partial charge in [0.15, 0.2) is 16.6 Å². The van der Waals surface area contributed by atoms with Crippen LogP contribution in [0.15, 0.2) is 12.7 Å². The van der Waals surface area contributed by atoms with Crippen molar-refractivity contribution in [1.82, 2.24) is 30.2 Å². The molecule has 0 spiro atoms. The molecule has 28 heteroatoms. The molecule has 2 amide bonds. The Balaban J connectivity index is 1.29. The Morgan fingerprint density at radius 1 is 1.10 bits per heavy atom. The topological polar surface area (TPSA) is 357 Å². The second-order valence-electron chi connectivity index (χ2n) is 11.8. The fraction of sp³-hybridized carbons (Fsp3) is 0.652. The molecular weight excluding hydrogens is 771 g/mol. The number of aliphatic hydroxyl groups is 2. The van der Waals surface area contributed by atoms with Gasteiger partial charge in [-0.2, -0.15) is 8.83 Å². The molecule has 2 aliphatic heterocycles. The SMILES string of the molecule is CC(=O)SCCNC(=O)CCNC(=O)[C@H](O)C(C)(C)COP(=O)(O)OP(=O)(O)OC[C@H]1[O+]2[C@@H](n3cnc4c(N)ncnc43)[C@H](O)[C@]12OP(=O)(O)O. The summed E-state index contributed by atoms with van der Waals surface area (Å²) in [5, 5.41) is 26.2. The number of anilines is 1. The Labute approximate surface area is 292 Å². The second-order valence-corrected chi connectivity index (χ2v) is 17.3. The number of nitrogen functional groups attached to an aromatic ring is 1. The molecule has 4 heterocycles. The Bertz CT molecular complexity index is 1790. The highest BCUT2D eigenvalue weighted by atomic mass is 32.2. The Hall–Kier alpha value is -2.44. The number of carbonyl (C=O) groups excluding carboxylic acids is 3. The molecule has 51 heavy (non-hydrogen) atoms. The number of aliphatic hydroxyl groups excluding tert-OH is 2. The van der Waals surface area contributed by atoms with E-state index in [4.69, 9.17) is 19.3 Å². The summed E-state index contributed by atoms with van der Waals surface area (Å²) >= 11 is 1.03. The van der Waals surface area contributed by atoms with Crippen molar-refractivity contribution in [1.29, 1.82) is 0 Å². The van der Waals surface area contributed by atoms with Gasteiger partial charge in [0, 0.05) is 37.6 Å². The van der Waals surface area contributed by atoms with Crippen molar-refractivity contribution >= 4 is 69.1 Å². The summed E-state index contributed by atoms with van der Waals surface area (Å²) in [6.07, 6.45) is -4.08. The summed E-state index contributed by atoms with van der Waals surface area (Å²) in [7, 11) is -16.3. The number of hydrogen-bond acceptors (Lipinski definition) is 17. The molecule has 10 N–H and O–H groups in total. The molecule has 286 valence electrons. The van der Waals surface area contributed by atoms with Gasteiger partial charge in [0.2, 0.25) is 11.8 Å². The number of thioether (sulfide) groups is 1. The molecule has 0 aromatic carbocycles. The number of rotatable bonds is 19. The van der Waals surface area contributed by atoms with E-state index >= 15 is 0 Å². The minimum absolute atomic E-state index is 0.00771. The predicted molar refractivity (Wildman–Crippen MR) is 172 cm³/mol. The van der Waals surface area contributed by atoms with Crippen LogP contribution in [-0.4, -0.2) is 122 Å². The first-order valence-corrected chi connectivity index (χ1v) is 20.1. The van der Waals surface area contributed by atoms with Crippen LogP contribution < -0.4 is 16.4 Å². The van der Waals surface area contributed by atoms with Crippen molar-refractivity contribution in [2.24, 2.45) is 5.41 Å². The van der Waals surface area contributed by atoms with Crippen LogP contribution >= 0.6 is 35.2 Å². The third kappa shape index (κ3) is 9.76. The molecule has 2 unspecified atom stereocenters. The number of aromatic nitrogens is 4. The quantitative estimate of drug-likeness (QED) is 0.0340. The molecular formula is C23H37N7O17P3S+. The lowest BCUT2D eigenvalue weighted by Crippen LogP contribution is -2.52. The van der Waals surface area contributed by atoms with Gasteiger partial charge in [0.05, 0.1) is 6.61 Å². The smallest absolute Gasteiger partial charge is 0.383 e. The van der Waals surface area contributed by atoms with Crippen LogP contribution in [0.3, 0.4) is 0 Å². The van der Waals surface area contributed by atoms with Crippen molar-refractivity contribution in [3.8, 4) is 0 Å². The fourth-order valence-corrected chi connectivity index (χ4v) is 8.45. The number of hydrogen-bond donors (Lipinski definition) is 9. The van der Waals surface area contributed by atoms with E-state index in [1.807, 2.05) is 0 Å². The van der Waals surface area contributed by atoms with E-state index in [1.165, 1.54) is 31.7 Å².